The van der Waals surface area contributed by atoms with E-state index in [9.17, 15) is 4.79 Å². The Morgan fingerprint density at radius 2 is 2.00 bits per heavy atom. The van der Waals surface area contributed by atoms with Crippen LogP contribution in [0.4, 0.5) is 10.5 Å². The van der Waals surface area contributed by atoms with Crippen LogP contribution >= 0.6 is 0 Å². The topological polar surface area (TPSA) is 55.1 Å². The molecule has 2 amide bonds. The molecule has 12 heavy (non-hydrogen) atoms. The van der Waals surface area contributed by atoms with Gasteiger partial charge in [-0.1, -0.05) is 12.1 Å². The first-order chi connectivity index (χ1) is 5.72. The molecule has 1 aromatic rings. The van der Waals surface area contributed by atoms with Gasteiger partial charge in [0.1, 0.15) is 0 Å². The number of benzene rings is 1. The number of rotatable bonds is 2. The second-order valence-corrected chi connectivity index (χ2v) is 2.44. The van der Waals surface area contributed by atoms with Gasteiger partial charge in [0.2, 0.25) is 0 Å². The molecule has 0 atom stereocenters. The molecule has 0 spiro atoms. The van der Waals surface area contributed by atoms with Crippen molar-refractivity contribution in [1.82, 2.24) is 0 Å². The summed E-state index contributed by atoms with van der Waals surface area (Å²) in [5, 5.41) is 2.47. The number of hydrogen-bond donors (Lipinski definition) is 2. The molecule has 0 unspecified atom stereocenters. The standard InChI is InChI=1S/C9H11N2O/c1-2-7-3-5-8(6-4-7)11-9(10)12/h3-6H,1-2H2,(H3,10,11,12). The first-order valence-corrected chi connectivity index (χ1v) is 3.67. The summed E-state index contributed by atoms with van der Waals surface area (Å²) in [6, 6.07) is 6.85. The predicted octanol–water partition coefficient (Wildman–Crippen LogP) is 1.55. The number of amides is 2. The minimum absolute atomic E-state index is 0.544. The zero-order valence-corrected chi connectivity index (χ0v) is 6.71. The van der Waals surface area contributed by atoms with E-state index in [0.717, 1.165) is 12.0 Å². The van der Waals surface area contributed by atoms with Crippen LogP contribution in [0.25, 0.3) is 0 Å². The van der Waals surface area contributed by atoms with E-state index in [0.29, 0.717) is 5.69 Å². The summed E-state index contributed by atoms with van der Waals surface area (Å²) in [5.41, 5.74) is 6.77. The third-order valence-electron chi connectivity index (χ3n) is 1.51. The van der Waals surface area contributed by atoms with Crippen LogP contribution in [0.3, 0.4) is 0 Å². The second kappa shape index (κ2) is 3.76. The fourth-order valence-electron chi connectivity index (χ4n) is 0.897. The van der Waals surface area contributed by atoms with E-state index in [1.54, 1.807) is 12.1 Å². The van der Waals surface area contributed by atoms with E-state index < -0.39 is 6.03 Å². The van der Waals surface area contributed by atoms with Gasteiger partial charge in [0.15, 0.2) is 0 Å². The maximum atomic E-state index is 10.4. The molecule has 0 saturated heterocycles. The lowest BCUT2D eigenvalue weighted by atomic mass is 10.1. The van der Waals surface area contributed by atoms with E-state index >= 15 is 0 Å². The first kappa shape index (κ1) is 8.59. The molecule has 3 nitrogen and oxygen atoms in total. The van der Waals surface area contributed by atoms with Crippen molar-refractivity contribution < 1.29 is 4.79 Å². The molecular formula is C9H11N2O. The Bertz CT molecular complexity index is 266. The lowest BCUT2D eigenvalue weighted by molar-refractivity contribution is 0.259. The third kappa shape index (κ3) is 2.27. The van der Waals surface area contributed by atoms with E-state index in [-0.39, 0.29) is 0 Å². The average molecular weight is 163 g/mol. The lowest BCUT2D eigenvalue weighted by Gasteiger charge is -2.01. The minimum atomic E-state index is -0.544. The number of urea groups is 1. The Morgan fingerprint density at radius 3 is 2.42 bits per heavy atom. The number of primary amides is 1. The SMILES string of the molecule is [CH2]Cc1ccc(NC(N)=O)cc1. The Morgan fingerprint density at radius 1 is 1.42 bits per heavy atom. The molecule has 1 rings (SSSR count). The molecule has 3 heteroatoms. The van der Waals surface area contributed by atoms with Crippen molar-refractivity contribution in [3.8, 4) is 0 Å². The van der Waals surface area contributed by atoms with E-state index in [1.807, 2.05) is 12.1 Å². The van der Waals surface area contributed by atoms with Crippen molar-refractivity contribution in [2.45, 2.75) is 6.42 Å². The summed E-state index contributed by atoms with van der Waals surface area (Å²) in [6.07, 6.45) is 0.747. The average Bonchev–Trinajstić information content (AvgIpc) is 2.05. The summed E-state index contributed by atoms with van der Waals surface area (Å²) >= 11 is 0. The molecule has 1 aromatic carbocycles. The highest BCUT2D eigenvalue weighted by Crippen LogP contribution is 2.08. The summed E-state index contributed by atoms with van der Waals surface area (Å²) in [5.74, 6) is 0. The van der Waals surface area contributed by atoms with Gasteiger partial charge in [0, 0.05) is 5.69 Å². The normalized spacial score (nSPS) is 9.42. The van der Waals surface area contributed by atoms with Gasteiger partial charge < -0.3 is 11.1 Å². The highest BCUT2D eigenvalue weighted by atomic mass is 16.2. The maximum Gasteiger partial charge on any atom is 0.316 e. The van der Waals surface area contributed by atoms with Crippen LogP contribution in [0.5, 0.6) is 0 Å². The summed E-state index contributed by atoms with van der Waals surface area (Å²) in [6.45, 7) is 3.73. The summed E-state index contributed by atoms with van der Waals surface area (Å²) in [7, 11) is 0. The summed E-state index contributed by atoms with van der Waals surface area (Å²) < 4.78 is 0. The van der Waals surface area contributed by atoms with Gasteiger partial charge in [-0.25, -0.2) is 4.79 Å². The second-order valence-electron chi connectivity index (χ2n) is 2.44. The molecule has 0 aliphatic heterocycles. The largest absolute Gasteiger partial charge is 0.351 e. The zero-order chi connectivity index (χ0) is 8.97. The van der Waals surface area contributed by atoms with Crippen molar-refractivity contribution in [1.29, 1.82) is 0 Å². The van der Waals surface area contributed by atoms with Gasteiger partial charge in [0.25, 0.3) is 0 Å². The molecule has 0 aliphatic carbocycles. The lowest BCUT2D eigenvalue weighted by Crippen LogP contribution is -2.19. The van der Waals surface area contributed by atoms with Gasteiger partial charge in [-0.15, -0.1) is 0 Å². The fourth-order valence-corrected chi connectivity index (χ4v) is 0.897. The summed E-state index contributed by atoms with van der Waals surface area (Å²) in [4.78, 5) is 10.4. The Balaban J connectivity index is 2.71. The maximum absolute atomic E-state index is 10.4. The molecule has 3 N–H and O–H groups in total. The Kier molecular flexibility index (Phi) is 2.69. The van der Waals surface area contributed by atoms with E-state index in [1.165, 1.54) is 0 Å². The highest BCUT2D eigenvalue weighted by molar-refractivity contribution is 5.87. The van der Waals surface area contributed by atoms with Crippen LogP contribution in [0, 0.1) is 6.92 Å². The van der Waals surface area contributed by atoms with Gasteiger partial charge >= 0.3 is 6.03 Å². The van der Waals surface area contributed by atoms with Crippen LogP contribution < -0.4 is 11.1 Å². The van der Waals surface area contributed by atoms with Gasteiger partial charge in [0.05, 0.1) is 0 Å². The van der Waals surface area contributed by atoms with Crippen LogP contribution in [-0.2, 0) is 6.42 Å². The number of carbonyl (C=O) groups excluding carboxylic acids is 1. The minimum Gasteiger partial charge on any atom is -0.351 e. The number of hydrogen-bond acceptors (Lipinski definition) is 1. The van der Waals surface area contributed by atoms with Crippen LogP contribution in [0.2, 0.25) is 0 Å². The van der Waals surface area contributed by atoms with Gasteiger partial charge in [-0.05, 0) is 31.0 Å². The van der Waals surface area contributed by atoms with Gasteiger partial charge in [-0.2, -0.15) is 0 Å². The van der Waals surface area contributed by atoms with Crippen LogP contribution in [0.15, 0.2) is 24.3 Å². The number of nitrogens with two attached hydrogens (primary N) is 1. The Hall–Kier alpha value is -1.51. The molecule has 0 aliphatic rings. The molecule has 0 aromatic heterocycles. The van der Waals surface area contributed by atoms with Crippen molar-refractivity contribution in [2.24, 2.45) is 5.73 Å². The number of nitrogens with one attached hydrogen (secondary N) is 1. The molecular weight excluding hydrogens is 152 g/mol. The van der Waals surface area contributed by atoms with Gasteiger partial charge in [-0.3, -0.25) is 0 Å². The van der Waals surface area contributed by atoms with E-state index in [2.05, 4.69) is 12.2 Å². The molecule has 0 saturated carbocycles. The van der Waals surface area contributed by atoms with Crippen LogP contribution in [-0.4, -0.2) is 6.03 Å². The van der Waals surface area contributed by atoms with Crippen LogP contribution in [0.1, 0.15) is 5.56 Å². The zero-order valence-electron chi connectivity index (χ0n) is 6.71. The van der Waals surface area contributed by atoms with Crippen molar-refractivity contribution >= 4 is 11.7 Å². The number of carbonyl (C=O) groups is 1. The highest BCUT2D eigenvalue weighted by Gasteiger charge is 1.94. The van der Waals surface area contributed by atoms with Crippen molar-refractivity contribution in [3.63, 3.8) is 0 Å². The number of anilines is 1. The first-order valence-electron chi connectivity index (χ1n) is 3.67. The predicted molar refractivity (Wildman–Crippen MR) is 48.7 cm³/mol. The monoisotopic (exact) mass is 163 g/mol. The molecule has 0 bridgehead atoms. The Labute approximate surface area is 71.6 Å². The molecule has 0 heterocycles. The van der Waals surface area contributed by atoms with E-state index in [4.69, 9.17) is 5.73 Å². The quantitative estimate of drug-likeness (QED) is 0.682. The molecule has 0 fully saturated rings. The molecule has 63 valence electrons. The molecule has 1 radical (unpaired) electrons. The third-order valence-corrected chi connectivity index (χ3v) is 1.51. The van der Waals surface area contributed by atoms with Crippen molar-refractivity contribution in [2.75, 3.05) is 5.32 Å². The van der Waals surface area contributed by atoms with Crippen molar-refractivity contribution in [3.05, 3.63) is 36.8 Å². The fraction of sp³-hybridized carbons (Fsp3) is 0.111. The smallest absolute Gasteiger partial charge is 0.316 e.